The van der Waals surface area contributed by atoms with E-state index >= 15 is 0 Å². The zero-order chi connectivity index (χ0) is 13.7. The van der Waals surface area contributed by atoms with Crippen LogP contribution in [0.3, 0.4) is 0 Å². The van der Waals surface area contributed by atoms with E-state index in [1.807, 2.05) is 6.07 Å². The third kappa shape index (κ3) is 2.90. The summed E-state index contributed by atoms with van der Waals surface area (Å²) in [5, 5.41) is 38.3. The van der Waals surface area contributed by atoms with Gasteiger partial charge in [-0.1, -0.05) is 0 Å². The van der Waals surface area contributed by atoms with Crippen LogP contribution >= 0.6 is 0 Å². The second-order valence-electron chi connectivity index (χ2n) is 3.82. The molecule has 0 bridgehead atoms. The first-order valence-corrected chi connectivity index (χ1v) is 5.42. The van der Waals surface area contributed by atoms with E-state index in [-0.39, 0.29) is 35.6 Å². The second kappa shape index (κ2) is 6.21. The first-order chi connectivity index (χ1) is 8.54. The van der Waals surface area contributed by atoms with Crippen LogP contribution in [0.1, 0.15) is 23.7 Å². The van der Waals surface area contributed by atoms with E-state index in [1.54, 1.807) is 0 Å². The quantitative estimate of drug-likeness (QED) is 0.586. The number of benzene rings is 1. The van der Waals surface area contributed by atoms with E-state index in [2.05, 4.69) is 0 Å². The van der Waals surface area contributed by atoms with Gasteiger partial charge >= 0.3 is 0 Å². The standard InChI is InChI=1S/C12H16N2O4/c1-18-10-5-7(6-14)4-8(12(10)17)11(16)9(15)2-3-13/h4-5,9,11,15-17H,2-3,13H2,1H3. The predicted molar refractivity (Wildman–Crippen MR) is 64.0 cm³/mol. The summed E-state index contributed by atoms with van der Waals surface area (Å²) in [6.07, 6.45) is -2.25. The highest BCUT2D eigenvalue weighted by atomic mass is 16.5. The third-order valence-electron chi connectivity index (χ3n) is 2.60. The van der Waals surface area contributed by atoms with Crippen LogP contribution in [0.15, 0.2) is 12.1 Å². The number of phenols is 1. The smallest absolute Gasteiger partial charge is 0.163 e. The number of nitriles is 1. The minimum Gasteiger partial charge on any atom is -0.504 e. The van der Waals surface area contributed by atoms with Crippen molar-refractivity contribution < 1.29 is 20.1 Å². The number of rotatable bonds is 5. The summed E-state index contributed by atoms with van der Waals surface area (Å²) in [6, 6.07) is 4.54. The Balaban J connectivity index is 3.18. The Kier molecular flexibility index (Phi) is 4.92. The number of hydrogen-bond acceptors (Lipinski definition) is 6. The minimum absolute atomic E-state index is 0.0480. The van der Waals surface area contributed by atoms with Crippen molar-refractivity contribution in [2.24, 2.45) is 5.73 Å². The van der Waals surface area contributed by atoms with Gasteiger partial charge < -0.3 is 25.8 Å². The van der Waals surface area contributed by atoms with E-state index < -0.39 is 12.2 Å². The molecule has 2 unspecified atom stereocenters. The number of ether oxygens (including phenoxy) is 1. The van der Waals surface area contributed by atoms with Crippen molar-refractivity contribution in [3.63, 3.8) is 0 Å². The first-order valence-electron chi connectivity index (χ1n) is 5.42. The van der Waals surface area contributed by atoms with E-state index in [0.29, 0.717) is 0 Å². The summed E-state index contributed by atoms with van der Waals surface area (Å²) >= 11 is 0. The molecule has 5 N–H and O–H groups in total. The molecular formula is C12H16N2O4. The summed E-state index contributed by atoms with van der Waals surface area (Å²) in [7, 11) is 1.34. The van der Waals surface area contributed by atoms with Crippen LogP contribution in [-0.2, 0) is 0 Å². The molecule has 0 fully saturated rings. The van der Waals surface area contributed by atoms with Crippen molar-refractivity contribution in [2.45, 2.75) is 18.6 Å². The molecule has 1 rings (SSSR count). The molecule has 6 nitrogen and oxygen atoms in total. The highest BCUT2D eigenvalue weighted by Crippen LogP contribution is 2.36. The summed E-state index contributed by atoms with van der Waals surface area (Å²) in [6.45, 7) is 0.202. The monoisotopic (exact) mass is 252 g/mol. The van der Waals surface area contributed by atoms with Crippen LogP contribution in [0.25, 0.3) is 0 Å². The fourth-order valence-electron chi connectivity index (χ4n) is 1.61. The molecule has 1 aromatic carbocycles. The van der Waals surface area contributed by atoms with Gasteiger partial charge in [-0.25, -0.2) is 0 Å². The molecule has 0 aliphatic carbocycles. The van der Waals surface area contributed by atoms with Crippen molar-refractivity contribution >= 4 is 0 Å². The molecule has 0 heterocycles. The van der Waals surface area contributed by atoms with Gasteiger partial charge in [-0.15, -0.1) is 0 Å². The Labute approximate surface area is 105 Å². The molecule has 0 aliphatic rings. The van der Waals surface area contributed by atoms with E-state index in [0.717, 1.165) is 0 Å². The van der Waals surface area contributed by atoms with Gasteiger partial charge in [-0.05, 0) is 19.0 Å². The largest absolute Gasteiger partial charge is 0.504 e. The zero-order valence-electron chi connectivity index (χ0n) is 10.00. The molecule has 0 amide bonds. The maximum Gasteiger partial charge on any atom is 0.163 e. The topological polar surface area (TPSA) is 120 Å². The molecule has 0 aromatic heterocycles. The summed E-state index contributed by atoms with van der Waals surface area (Å²) in [5.41, 5.74) is 5.55. The molecule has 98 valence electrons. The predicted octanol–water partition coefficient (Wildman–Crippen LogP) is 0.0156. The molecule has 0 radical (unpaired) electrons. The molecule has 0 saturated carbocycles. The van der Waals surface area contributed by atoms with Gasteiger partial charge in [0.2, 0.25) is 0 Å². The fourth-order valence-corrected chi connectivity index (χ4v) is 1.61. The summed E-state index contributed by atoms with van der Waals surface area (Å²) in [5.74, 6) is -0.219. The van der Waals surface area contributed by atoms with Gasteiger partial charge in [0.1, 0.15) is 6.10 Å². The molecule has 1 aromatic rings. The first kappa shape index (κ1) is 14.3. The lowest BCUT2D eigenvalue weighted by Gasteiger charge is -2.19. The summed E-state index contributed by atoms with van der Waals surface area (Å²) in [4.78, 5) is 0. The number of nitrogens with two attached hydrogens (primary N) is 1. The van der Waals surface area contributed by atoms with Crippen molar-refractivity contribution in [3.05, 3.63) is 23.3 Å². The van der Waals surface area contributed by atoms with Crippen molar-refractivity contribution in [1.29, 1.82) is 5.26 Å². The number of aliphatic hydroxyl groups is 2. The SMILES string of the molecule is COc1cc(C#N)cc(C(O)C(O)CCN)c1O. The molecule has 0 aliphatic heterocycles. The third-order valence-corrected chi connectivity index (χ3v) is 2.60. The van der Waals surface area contributed by atoms with Gasteiger partial charge in [0.15, 0.2) is 11.5 Å². The number of phenolic OH excluding ortho intramolecular Hbond substituents is 1. The van der Waals surface area contributed by atoms with E-state index in [1.165, 1.54) is 19.2 Å². The van der Waals surface area contributed by atoms with Crippen molar-refractivity contribution in [1.82, 2.24) is 0 Å². The molecule has 6 heteroatoms. The maximum atomic E-state index is 9.91. The van der Waals surface area contributed by atoms with Crippen molar-refractivity contribution in [2.75, 3.05) is 13.7 Å². The maximum absolute atomic E-state index is 9.91. The Morgan fingerprint density at radius 3 is 2.61 bits per heavy atom. The van der Waals surface area contributed by atoms with Gasteiger partial charge in [-0.3, -0.25) is 0 Å². The Bertz CT molecular complexity index is 456. The fraction of sp³-hybridized carbons (Fsp3) is 0.417. The van der Waals surface area contributed by atoms with Gasteiger partial charge in [0.25, 0.3) is 0 Å². The lowest BCUT2D eigenvalue weighted by atomic mass is 9.98. The number of aromatic hydroxyl groups is 1. The Morgan fingerprint density at radius 2 is 2.11 bits per heavy atom. The number of aliphatic hydroxyl groups excluding tert-OH is 2. The highest BCUT2D eigenvalue weighted by molar-refractivity contribution is 5.52. The minimum atomic E-state index is -1.32. The normalized spacial score (nSPS) is 13.7. The Morgan fingerprint density at radius 1 is 1.44 bits per heavy atom. The van der Waals surface area contributed by atoms with Crippen LogP contribution in [0.2, 0.25) is 0 Å². The van der Waals surface area contributed by atoms with Crippen LogP contribution < -0.4 is 10.5 Å². The molecule has 2 atom stereocenters. The van der Waals surface area contributed by atoms with E-state index in [4.69, 9.17) is 15.7 Å². The molecule has 0 spiro atoms. The van der Waals surface area contributed by atoms with Crippen molar-refractivity contribution in [3.8, 4) is 17.6 Å². The van der Waals surface area contributed by atoms with Crippen LogP contribution in [-0.4, -0.2) is 35.1 Å². The highest BCUT2D eigenvalue weighted by Gasteiger charge is 2.23. The summed E-state index contributed by atoms with van der Waals surface area (Å²) < 4.78 is 4.90. The molecule has 18 heavy (non-hydrogen) atoms. The van der Waals surface area contributed by atoms with E-state index in [9.17, 15) is 15.3 Å². The Hall–Kier alpha value is -1.81. The lowest BCUT2D eigenvalue weighted by Crippen LogP contribution is -2.22. The van der Waals surface area contributed by atoms with Crippen LogP contribution in [0.5, 0.6) is 11.5 Å². The average Bonchev–Trinajstić information content (AvgIpc) is 2.38. The molecular weight excluding hydrogens is 236 g/mol. The van der Waals surface area contributed by atoms with Gasteiger partial charge in [0.05, 0.1) is 24.8 Å². The number of methoxy groups -OCH3 is 1. The molecule has 0 saturated heterocycles. The zero-order valence-corrected chi connectivity index (χ0v) is 10.00. The number of nitrogens with zero attached hydrogens (tertiary/aromatic N) is 1. The number of hydrogen-bond donors (Lipinski definition) is 4. The van der Waals surface area contributed by atoms with Crippen LogP contribution in [0, 0.1) is 11.3 Å². The van der Waals surface area contributed by atoms with Gasteiger partial charge in [0, 0.05) is 11.6 Å². The lowest BCUT2D eigenvalue weighted by molar-refractivity contribution is 0.0135. The average molecular weight is 252 g/mol. The van der Waals surface area contributed by atoms with Crippen LogP contribution in [0.4, 0.5) is 0 Å². The van der Waals surface area contributed by atoms with Gasteiger partial charge in [-0.2, -0.15) is 5.26 Å². The second-order valence-corrected chi connectivity index (χ2v) is 3.82.